The van der Waals surface area contributed by atoms with E-state index < -0.39 is 18.5 Å². The first kappa shape index (κ1) is 25.0. The molecule has 9 heteroatoms. The van der Waals surface area contributed by atoms with E-state index in [4.69, 9.17) is 14.0 Å². The van der Waals surface area contributed by atoms with Gasteiger partial charge in [-0.25, -0.2) is 4.79 Å². The molecule has 2 amide bonds. The topological polar surface area (TPSA) is 120 Å². The molecule has 0 aliphatic heterocycles. The third-order valence-electron chi connectivity index (χ3n) is 6.12. The molecule has 1 heterocycles. The van der Waals surface area contributed by atoms with Crippen molar-refractivity contribution in [2.24, 2.45) is 0 Å². The summed E-state index contributed by atoms with van der Waals surface area (Å²) in [5.74, 6) is -0.148. The van der Waals surface area contributed by atoms with Crippen LogP contribution in [0.1, 0.15) is 63.4 Å². The van der Waals surface area contributed by atoms with Crippen LogP contribution in [0.25, 0.3) is 0 Å². The molecule has 3 aromatic rings. The molecule has 4 rings (SSSR count). The van der Waals surface area contributed by atoms with E-state index >= 15 is 0 Å². The number of hydrogen-bond acceptors (Lipinski definition) is 7. The van der Waals surface area contributed by atoms with Gasteiger partial charge in [-0.1, -0.05) is 30.1 Å². The van der Waals surface area contributed by atoms with Gasteiger partial charge < -0.3 is 24.6 Å². The third kappa shape index (κ3) is 6.29. The van der Waals surface area contributed by atoms with Crippen LogP contribution in [-0.4, -0.2) is 35.6 Å². The first-order valence-electron chi connectivity index (χ1n) is 11.9. The lowest BCUT2D eigenvalue weighted by Gasteiger charge is -2.15. The summed E-state index contributed by atoms with van der Waals surface area (Å²) < 4.78 is 16.0. The molecule has 1 aliphatic carbocycles. The van der Waals surface area contributed by atoms with Crippen LogP contribution in [-0.2, 0) is 16.1 Å². The van der Waals surface area contributed by atoms with Gasteiger partial charge in [-0.15, -0.1) is 0 Å². The number of anilines is 1. The number of aryl methyl sites for hydroxylation is 2. The summed E-state index contributed by atoms with van der Waals surface area (Å²) >= 11 is 0. The Bertz CT molecular complexity index is 1210. The number of aromatic nitrogens is 1. The number of benzene rings is 2. The first-order valence-corrected chi connectivity index (χ1v) is 11.9. The van der Waals surface area contributed by atoms with Crippen LogP contribution in [0.2, 0.25) is 0 Å². The lowest BCUT2D eigenvalue weighted by Crippen LogP contribution is -2.33. The van der Waals surface area contributed by atoms with E-state index in [1.54, 1.807) is 48.5 Å². The maximum absolute atomic E-state index is 12.7. The predicted molar refractivity (Wildman–Crippen MR) is 132 cm³/mol. The van der Waals surface area contributed by atoms with Crippen LogP contribution < -0.4 is 15.4 Å². The molecule has 0 unspecified atom stereocenters. The molecular weight excluding hydrogens is 462 g/mol. The number of rotatable bonds is 9. The summed E-state index contributed by atoms with van der Waals surface area (Å²) in [5, 5.41) is 9.57. The molecule has 0 bridgehead atoms. The molecule has 36 heavy (non-hydrogen) atoms. The molecule has 0 radical (unpaired) electrons. The second kappa shape index (κ2) is 11.5. The van der Waals surface area contributed by atoms with E-state index in [0.717, 1.165) is 36.9 Å². The number of nitrogens with one attached hydrogen (secondary N) is 2. The Hall–Kier alpha value is -4.14. The number of nitrogens with zero attached hydrogens (tertiary/aromatic N) is 1. The van der Waals surface area contributed by atoms with E-state index in [2.05, 4.69) is 15.8 Å². The monoisotopic (exact) mass is 491 g/mol. The van der Waals surface area contributed by atoms with Gasteiger partial charge in [0.1, 0.15) is 18.1 Å². The zero-order valence-corrected chi connectivity index (χ0v) is 20.3. The van der Waals surface area contributed by atoms with Crippen LogP contribution in [0.5, 0.6) is 5.75 Å². The fourth-order valence-corrected chi connectivity index (χ4v) is 4.07. The van der Waals surface area contributed by atoms with Crippen LogP contribution in [0.15, 0.2) is 53.1 Å². The highest BCUT2D eigenvalue weighted by Gasteiger charge is 2.20. The van der Waals surface area contributed by atoms with Crippen molar-refractivity contribution in [3.05, 3.63) is 76.7 Å². The highest BCUT2D eigenvalue weighted by molar-refractivity contribution is 6.04. The summed E-state index contributed by atoms with van der Waals surface area (Å²) in [5.41, 5.74) is 2.67. The molecule has 0 saturated heterocycles. The van der Waals surface area contributed by atoms with Gasteiger partial charge in [0.25, 0.3) is 11.8 Å². The van der Waals surface area contributed by atoms with Crippen molar-refractivity contribution < 1.29 is 28.4 Å². The number of esters is 1. The molecule has 9 nitrogen and oxygen atoms in total. The molecule has 1 aromatic heterocycles. The van der Waals surface area contributed by atoms with Gasteiger partial charge >= 0.3 is 5.97 Å². The van der Waals surface area contributed by atoms with Crippen molar-refractivity contribution in [1.82, 2.24) is 10.5 Å². The second-order valence-corrected chi connectivity index (χ2v) is 8.74. The maximum Gasteiger partial charge on any atom is 0.338 e. The van der Waals surface area contributed by atoms with Gasteiger partial charge in [0.2, 0.25) is 0 Å². The number of amides is 2. The molecule has 0 spiro atoms. The number of carbonyl (C=O) groups is 3. The van der Waals surface area contributed by atoms with Gasteiger partial charge in [0, 0.05) is 6.04 Å². The smallest absolute Gasteiger partial charge is 0.338 e. The molecule has 1 saturated carbocycles. The molecule has 1 fully saturated rings. The number of ether oxygens (including phenoxy) is 2. The highest BCUT2D eigenvalue weighted by Crippen LogP contribution is 2.21. The first-order chi connectivity index (χ1) is 17.4. The molecule has 0 atom stereocenters. The Kier molecular flexibility index (Phi) is 7.99. The largest absolute Gasteiger partial charge is 0.489 e. The zero-order chi connectivity index (χ0) is 25.5. The third-order valence-corrected chi connectivity index (χ3v) is 6.12. The van der Waals surface area contributed by atoms with E-state index in [0.29, 0.717) is 29.4 Å². The van der Waals surface area contributed by atoms with Crippen LogP contribution in [0, 0.1) is 13.8 Å². The van der Waals surface area contributed by atoms with Crippen molar-refractivity contribution in [3.8, 4) is 5.75 Å². The van der Waals surface area contributed by atoms with Gasteiger partial charge in [-0.3, -0.25) is 9.59 Å². The number of carbonyl (C=O) groups excluding carboxylic acids is 3. The van der Waals surface area contributed by atoms with Gasteiger partial charge in [-0.2, -0.15) is 0 Å². The predicted octanol–water partition coefficient (Wildman–Crippen LogP) is 4.34. The van der Waals surface area contributed by atoms with Gasteiger partial charge in [0.15, 0.2) is 6.61 Å². The van der Waals surface area contributed by atoms with Crippen LogP contribution >= 0.6 is 0 Å². The van der Waals surface area contributed by atoms with Crippen molar-refractivity contribution >= 4 is 23.5 Å². The van der Waals surface area contributed by atoms with E-state index in [9.17, 15) is 14.4 Å². The minimum Gasteiger partial charge on any atom is -0.489 e. The Morgan fingerprint density at radius 1 is 1.03 bits per heavy atom. The quantitative estimate of drug-likeness (QED) is 0.427. The summed E-state index contributed by atoms with van der Waals surface area (Å²) in [6.07, 6.45) is 4.13. The average Bonchev–Trinajstić information content (AvgIpc) is 3.51. The highest BCUT2D eigenvalue weighted by atomic mass is 16.5. The van der Waals surface area contributed by atoms with Crippen LogP contribution in [0.3, 0.4) is 0 Å². The maximum atomic E-state index is 12.7. The normalized spacial score (nSPS) is 13.3. The number of para-hydroxylation sites is 1. The van der Waals surface area contributed by atoms with Crippen molar-refractivity contribution in [1.29, 1.82) is 0 Å². The average molecular weight is 492 g/mol. The second-order valence-electron chi connectivity index (χ2n) is 8.74. The van der Waals surface area contributed by atoms with Gasteiger partial charge in [-0.05, 0) is 63.1 Å². The minimum atomic E-state index is -0.644. The van der Waals surface area contributed by atoms with Crippen molar-refractivity contribution in [2.75, 3.05) is 11.9 Å². The lowest BCUT2D eigenvalue weighted by molar-refractivity contribution is -0.119. The minimum absolute atomic E-state index is 0.162. The summed E-state index contributed by atoms with van der Waals surface area (Å²) in [6, 6.07) is 13.3. The molecular formula is C27H29N3O6. The lowest BCUT2D eigenvalue weighted by atomic mass is 10.1. The fraction of sp³-hybridized carbons (Fsp3) is 0.333. The Morgan fingerprint density at radius 3 is 2.44 bits per heavy atom. The summed E-state index contributed by atoms with van der Waals surface area (Å²) in [6.45, 7) is 3.47. The zero-order valence-electron chi connectivity index (χ0n) is 20.3. The standard InChI is InChI=1S/C27H29N3O6/c1-17-23(18(2)36-30-17)15-34-21-13-11-19(12-14-21)27(33)35-16-25(31)29-24-10-6-5-9-22(24)26(32)28-20-7-3-4-8-20/h5-6,9-14,20H,3-4,7-8,15-16H2,1-2H3,(H,28,32)(H,29,31). The summed E-state index contributed by atoms with van der Waals surface area (Å²) in [7, 11) is 0. The fourth-order valence-electron chi connectivity index (χ4n) is 4.07. The van der Waals surface area contributed by atoms with E-state index in [1.807, 2.05) is 13.8 Å². The molecule has 188 valence electrons. The molecule has 2 aromatic carbocycles. The molecule has 1 aliphatic rings. The number of hydrogen-bond donors (Lipinski definition) is 2. The Balaban J connectivity index is 1.27. The SMILES string of the molecule is Cc1noc(C)c1COc1ccc(C(=O)OCC(=O)Nc2ccccc2C(=O)NC2CCCC2)cc1. The van der Waals surface area contributed by atoms with Gasteiger partial charge in [0.05, 0.1) is 28.1 Å². The van der Waals surface area contributed by atoms with E-state index in [1.165, 1.54) is 0 Å². The Labute approximate surface area is 209 Å². The van der Waals surface area contributed by atoms with Crippen molar-refractivity contribution in [3.63, 3.8) is 0 Å². The molecule has 2 N–H and O–H groups in total. The van der Waals surface area contributed by atoms with Crippen LogP contribution in [0.4, 0.5) is 5.69 Å². The van der Waals surface area contributed by atoms with E-state index in [-0.39, 0.29) is 17.5 Å². The summed E-state index contributed by atoms with van der Waals surface area (Å²) in [4.78, 5) is 37.5. The van der Waals surface area contributed by atoms with Crippen molar-refractivity contribution in [2.45, 2.75) is 52.2 Å². The Morgan fingerprint density at radius 2 is 1.75 bits per heavy atom.